The monoisotopic (exact) mass is 370 g/mol. The molecule has 2 aliphatic rings. The van der Waals surface area contributed by atoms with Crippen LogP contribution in [0.3, 0.4) is 0 Å². The molecule has 2 saturated heterocycles. The summed E-state index contributed by atoms with van der Waals surface area (Å²) in [6.45, 7) is 3.10. The molecule has 1 aromatic carbocycles. The number of piperidine rings is 1. The molecule has 0 aliphatic carbocycles. The zero-order chi connectivity index (χ0) is 18.8. The number of likely N-dealkylation sites (tertiary alicyclic amines) is 1. The average Bonchev–Trinajstić information content (AvgIpc) is 3.32. The van der Waals surface area contributed by atoms with Gasteiger partial charge >= 0.3 is 0 Å². The van der Waals surface area contributed by atoms with E-state index < -0.39 is 0 Å². The highest BCUT2D eigenvalue weighted by Crippen LogP contribution is 2.31. The molecule has 3 heterocycles. The van der Waals surface area contributed by atoms with Crippen molar-refractivity contribution >= 4 is 5.91 Å². The van der Waals surface area contributed by atoms with Gasteiger partial charge in [-0.05, 0) is 42.4 Å². The van der Waals surface area contributed by atoms with Crippen LogP contribution in [0.2, 0.25) is 0 Å². The number of benzene rings is 1. The van der Waals surface area contributed by atoms with Crippen LogP contribution >= 0.6 is 0 Å². The van der Waals surface area contributed by atoms with Crippen molar-refractivity contribution < 1.29 is 9.18 Å². The summed E-state index contributed by atoms with van der Waals surface area (Å²) < 4.78 is 15.7. The quantitative estimate of drug-likeness (QED) is 0.899. The van der Waals surface area contributed by atoms with Gasteiger partial charge in [0.05, 0.1) is 12.1 Å². The summed E-state index contributed by atoms with van der Waals surface area (Å²) in [6, 6.07) is 7.02. The van der Waals surface area contributed by atoms with Gasteiger partial charge in [-0.25, -0.2) is 4.39 Å². The van der Waals surface area contributed by atoms with E-state index in [1.807, 2.05) is 36.5 Å². The second kappa shape index (κ2) is 7.80. The molecule has 2 aromatic rings. The number of nitrogens with one attached hydrogen (secondary N) is 1. The molecule has 27 heavy (non-hydrogen) atoms. The third-order valence-electron chi connectivity index (χ3n) is 6.08. The number of aryl methyl sites for hydroxylation is 1. The van der Waals surface area contributed by atoms with E-state index in [-0.39, 0.29) is 23.6 Å². The Balaban J connectivity index is 1.35. The fourth-order valence-corrected chi connectivity index (χ4v) is 4.49. The summed E-state index contributed by atoms with van der Waals surface area (Å²) in [5.41, 5.74) is 1.93. The van der Waals surface area contributed by atoms with Gasteiger partial charge in [-0.2, -0.15) is 5.10 Å². The Morgan fingerprint density at radius 1 is 1.26 bits per heavy atom. The zero-order valence-electron chi connectivity index (χ0n) is 15.8. The van der Waals surface area contributed by atoms with Crippen LogP contribution in [0.5, 0.6) is 0 Å². The molecule has 2 fully saturated rings. The van der Waals surface area contributed by atoms with Crippen LogP contribution in [0.15, 0.2) is 36.7 Å². The van der Waals surface area contributed by atoms with Gasteiger partial charge in [0.2, 0.25) is 5.91 Å². The predicted octanol–water partition coefficient (Wildman–Crippen LogP) is 2.34. The largest absolute Gasteiger partial charge is 0.342 e. The molecule has 1 amide bonds. The summed E-state index contributed by atoms with van der Waals surface area (Å²) in [4.78, 5) is 15.1. The molecule has 1 N–H and O–H groups in total. The van der Waals surface area contributed by atoms with E-state index in [4.69, 9.17) is 0 Å². The topological polar surface area (TPSA) is 50.2 Å². The molecule has 144 valence electrons. The van der Waals surface area contributed by atoms with E-state index in [2.05, 4.69) is 10.4 Å². The minimum absolute atomic E-state index is 0.0164. The lowest BCUT2D eigenvalue weighted by Gasteiger charge is -2.34. The number of nitrogens with zero attached hydrogens (tertiary/aromatic N) is 3. The summed E-state index contributed by atoms with van der Waals surface area (Å²) in [6.07, 6.45) is 6.53. The number of halogens is 1. The second-order valence-electron chi connectivity index (χ2n) is 7.88. The maximum Gasteiger partial charge on any atom is 0.227 e. The molecular formula is C21H27FN4O. The van der Waals surface area contributed by atoms with Crippen molar-refractivity contribution in [3.63, 3.8) is 0 Å². The predicted molar refractivity (Wildman–Crippen MR) is 102 cm³/mol. The Morgan fingerprint density at radius 3 is 2.74 bits per heavy atom. The summed E-state index contributed by atoms with van der Waals surface area (Å²) in [5.74, 6) is 0.756. The van der Waals surface area contributed by atoms with Crippen LogP contribution in [-0.4, -0.2) is 46.8 Å². The van der Waals surface area contributed by atoms with Crippen molar-refractivity contribution in [2.75, 3.05) is 26.2 Å². The zero-order valence-corrected chi connectivity index (χ0v) is 15.8. The first-order chi connectivity index (χ1) is 13.1. The standard InChI is InChI=1S/C21H27FN4O/c1-25-14-17(11-24-25)18-12-23-13-19(18)21(27)26-8-6-15(7-9-26)10-16-4-2-3-5-20(16)22/h2-5,11,14-15,18-19,23H,6-10,12-13H2,1H3/t18-,19+/m1/s1. The molecule has 0 saturated carbocycles. The van der Waals surface area contributed by atoms with Crippen molar-refractivity contribution in [2.24, 2.45) is 18.9 Å². The van der Waals surface area contributed by atoms with Gasteiger partial charge in [0.15, 0.2) is 0 Å². The lowest BCUT2D eigenvalue weighted by Crippen LogP contribution is -2.43. The highest BCUT2D eigenvalue weighted by atomic mass is 19.1. The number of amides is 1. The molecule has 4 rings (SSSR count). The van der Waals surface area contributed by atoms with Crippen LogP contribution in [0.4, 0.5) is 4.39 Å². The Labute approximate surface area is 159 Å². The van der Waals surface area contributed by atoms with Crippen LogP contribution in [0, 0.1) is 17.7 Å². The van der Waals surface area contributed by atoms with E-state index in [0.717, 1.165) is 56.6 Å². The van der Waals surface area contributed by atoms with E-state index in [1.165, 1.54) is 6.07 Å². The minimum Gasteiger partial charge on any atom is -0.342 e. The first kappa shape index (κ1) is 18.2. The third kappa shape index (κ3) is 3.90. The highest BCUT2D eigenvalue weighted by molar-refractivity contribution is 5.80. The molecule has 0 radical (unpaired) electrons. The van der Waals surface area contributed by atoms with Crippen LogP contribution in [0.25, 0.3) is 0 Å². The SMILES string of the molecule is Cn1cc([C@H]2CNC[C@@H]2C(=O)N2CCC(Cc3ccccc3F)CC2)cn1. The third-order valence-corrected chi connectivity index (χ3v) is 6.08. The van der Waals surface area contributed by atoms with Gasteiger partial charge in [0.1, 0.15) is 5.82 Å². The second-order valence-corrected chi connectivity index (χ2v) is 7.88. The van der Waals surface area contributed by atoms with Gasteiger partial charge in [-0.3, -0.25) is 9.48 Å². The molecule has 0 spiro atoms. The number of hydrogen-bond acceptors (Lipinski definition) is 3. The van der Waals surface area contributed by atoms with Gasteiger partial charge < -0.3 is 10.2 Å². The molecule has 2 aliphatic heterocycles. The van der Waals surface area contributed by atoms with E-state index >= 15 is 0 Å². The Morgan fingerprint density at radius 2 is 2.04 bits per heavy atom. The first-order valence-corrected chi connectivity index (χ1v) is 9.83. The maximum absolute atomic E-state index is 13.9. The lowest BCUT2D eigenvalue weighted by atomic mass is 9.87. The van der Waals surface area contributed by atoms with Crippen molar-refractivity contribution in [3.8, 4) is 0 Å². The Bertz CT molecular complexity index is 797. The van der Waals surface area contributed by atoms with E-state index in [1.54, 1.807) is 10.7 Å². The van der Waals surface area contributed by atoms with Crippen LogP contribution in [0.1, 0.15) is 29.9 Å². The normalized spacial score (nSPS) is 23.7. The first-order valence-electron chi connectivity index (χ1n) is 9.83. The molecule has 5 nitrogen and oxygen atoms in total. The molecule has 6 heteroatoms. The molecular weight excluding hydrogens is 343 g/mol. The lowest BCUT2D eigenvalue weighted by molar-refractivity contribution is -0.136. The summed E-state index contributed by atoms with van der Waals surface area (Å²) in [7, 11) is 1.91. The van der Waals surface area contributed by atoms with Crippen LogP contribution < -0.4 is 5.32 Å². The molecule has 1 aromatic heterocycles. The van der Waals surface area contributed by atoms with Gasteiger partial charge in [0, 0.05) is 45.3 Å². The Hall–Kier alpha value is -2.21. The fourth-order valence-electron chi connectivity index (χ4n) is 4.49. The van der Waals surface area contributed by atoms with Crippen molar-refractivity contribution in [1.82, 2.24) is 20.0 Å². The van der Waals surface area contributed by atoms with Gasteiger partial charge in [0.25, 0.3) is 0 Å². The maximum atomic E-state index is 13.9. The summed E-state index contributed by atoms with van der Waals surface area (Å²) >= 11 is 0. The number of hydrogen-bond donors (Lipinski definition) is 1. The van der Waals surface area contributed by atoms with Crippen molar-refractivity contribution in [2.45, 2.75) is 25.2 Å². The number of carbonyl (C=O) groups is 1. The highest BCUT2D eigenvalue weighted by Gasteiger charge is 2.38. The van der Waals surface area contributed by atoms with Gasteiger partial charge in [-0.1, -0.05) is 18.2 Å². The van der Waals surface area contributed by atoms with Gasteiger partial charge in [-0.15, -0.1) is 0 Å². The smallest absolute Gasteiger partial charge is 0.227 e. The van der Waals surface area contributed by atoms with Crippen molar-refractivity contribution in [3.05, 3.63) is 53.6 Å². The number of rotatable bonds is 4. The van der Waals surface area contributed by atoms with Crippen molar-refractivity contribution in [1.29, 1.82) is 0 Å². The average molecular weight is 370 g/mol. The van der Waals surface area contributed by atoms with E-state index in [9.17, 15) is 9.18 Å². The molecule has 0 unspecified atom stereocenters. The fraction of sp³-hybridized carbons (Fsp3) is 0.524. The number of aromatic nitrogens is 2. The summed E-state index contributed by atoms with van der Waals surface area (Å²) in [5, 5.41) is 7.63. The van der Waals surface area contributed by atoms with Crippen LogP contribution in [-0.2, 0) is 18.3 Å². The number of carbonyl (C=O) groups excluding carboxylic acids is 1. The minimum atomic E-state index is -0.118. The Kier molecular flexibility index (Phi) is 5.25. The molecule has 2 atom stereocenters. The molecule has 0 bridgehead atoms. The van der Waals surface area contributed by atoms with E-state index in [0.29, 0.717) is 5.92 Å².